The van der Waals surface area contributed by atoms with Gasteiger partial charge in [0.15, 0.2) is 0 Å². The Hall–Kier alpha value is -1.56. The second-order valence-corrected chi connectivity index (χ2v) is 8.46. The molecule has 26 heavy (non-hydrogen) atoms. The maximum atomic E-state index is 12.7. The van der Waals surface area contributed by atoms with Crippen LogP contribution in [0.1, 0.15) is 38.3 Å². The van der Waals surface area contributed by atoms with E-state index >= 15 is 0 Å². The van der Waals surface area contributed by atoms with Crippen LogP contribution < -0.4 is 0 Å². The number of carbonyl (C=O) groups is 2. The monoisotopic (exact) mass is 375 g/mol. The van der Waals surface area contributed by atoms with E-state index in [2.05, 4.69) is 11.9 Å². The third-order valence-electron chi connectivity index (χ3n) is 5.49. The van der Waals surface area contributed by atoms with Gasteiger partial charge in [0.1, 0.15) is 0 Å². The smallest absolute Gasteiger partial charge is 0.232 e. The van der Waals surface area contributed by atoms with Crippen LogP contribution in [0.15, 0.2) is 24.4 Å². The van der Waals surface area contributed by atoms with E-state index < -0.39 is 0 Å². The molecular formula is C20H29N3O2S. The topological polar surface area (TPSA) is 53.5 Å². The predicted molar refractivity (Wildman–Crippen MR) is 105 cm³/mol. The summed E-state index contributed by atoms with van der Waals surface area (Å²) in [6.07, 6.45) is 5.64. The zero-order chi connectivity index (χ0) is 18.4. The Morgan fingerprint density at radius 1 is 1.08 bits per heavy atom. The fourth-order valence-corrected chi connectivity index (χ4v) is 4.52. The van der Waals surface area contributed by atoms with Crippen LogP contribution in [-0.2, 0) is 15.3 Å². The van der Waals surface area contributed by atoms with Crippen molar-refractivity contribution in [3.63, 3.8) is 0 Å². The number of pyridine rings is 1. The van der Waals surface area contributed by atoms with Gasteiger partial charge in [0, 0.05) is 44.0 Å². The molecule has 142 valence electrons. The average Bonchev–Trinajstić information content (AvgIpc) is 2.69. The van der Waals surface area contributed by atoms with Gasteiger partial charge in [-0.3, -0.25) is 14.6 Å². The van der Waals surface area contributed by atoms with E-state index in [4.69, 9.17) is 0 Å². The molecule has 5 nitrogen and oxygen atoms in total. The zero-order valence-corrected chi connectivity index (χ0v) is 16.4. The van der Waals surface area contributed by atoms with Crippen molar-refractivity contribution in [1.82, 2.24) is 14.8 Å². The second kappa shape index (κ2) is 9.40. The van der Waals surface area contributed by atoms with E-state index in [0.717, 1.165) is 56.1 Å². The summed E-state index contributed by atoms with van der Waals surface area (Å²) in [6, 6.07) is 5.85. The SMILES string of the molecule is CC1CCN(C(=O)C2CCN(C(=O)CSCc3ccccn3)CC2)CC1. The molecule has 2 saturated heterocycles. The largest absolute Gasteiger partial charge is 0.342 e. The van der Waals surface area contributed by atoms with E-state index in [1.165, 1.54) is 0 Å². The molecule has 0 spiro atoms. The van der Waals surface area contributed by atoms with Crippen molar-refractivity contribution in [2.24, 2.45) is 11.8 Å². The molecule has 0 unspecified atom stereocenters. The highest BCUT2D eigenvalue weighted by Crippen LogP contribution is 2.24. The first kappa shape index (κ1) is 19.2. The van der Waals surface area contributed by atoms with Gasteiger partial charge in [-0.25, -0.2) is 0 Å². The molecule has 6 heteroatoms. The molecule has 0 radical (unpaired) electrons. The summed E-state index contributed by atoms with van der Waals surface area (Å²) < 4.78 is 0. The molecule has 0 atom stereocenters. The molecule has 1 aromatic heterocycles. The summed E-state index contributed by atoms with van der Waals surface area (Å²) in [5.41, 5.74) is 1.01. The summed E-state index contributed by atoms with van der Waals surface area (Å²) in [7, 11) is 0. The van der Waals surface area contributed by atoms with E-state index in [1.54, 1.807) is 18.0 Å². The van der Waals surface area contributed by atoms with Crippen LogP contribution in [0.25, 0.3) is 0 Å². The number of aromatic nitrogens is 1. The van der Waals surface area contributed by atoms with Crippen molar-refractivity contribution in [2.75, 3.05) is 31.9 Å². The molecule has 2 aliphatic rings. The molecule has 0 saturated carbocycles. The van der Waals surface area contributed by atoms with Crippen LogP contribution in [0.2, 0.25) is 0 Å². The number of hydrogen-bond acceptors (Lipinski definition) is 4. The van der Waals surface area contributed by atoms with Crippen LogP contribution in [0.3, 0.4) is 0 Å². The highest BCUT2D eigenvalue weighted by Gasteiger charge is 2.31. The Morgan fingerprint density at radius 3 is 2.42 bits per heavy atom. The Labute approximate surface area is 160 Å². The zero-order valence-electron chi connectivity index (χ0n) is 15.6. The number of likely N-dealkylation sites (tertiary alicyclic amines) is 2. The van der Waals surface area contributed by atoms with Crippen LogP contribution in [0, 0.1) is 11.8 Å². The highest BCUT2D eigenvalue weighted by atomic mass is 32.2. The standard InChI is InChI=1S/C20H29N3O2S/c1-16-5-10-23(11-6-16)20(25)17-7-12-22(13-8-17)19(24)15-26-14-18-4-2-3-9-21-18/h2-4,9,16-17H,5-8,10-15H2,1H3. The first-order chi connectivity index (χ1) is 12.6. The van der Waals surface area contributed by atoms with Crippen molar-refractivity contribution >= 4 is 23.6 Å². The molecule has 2 amide bonds. The third-order valence-corrected chi connectivity index (χ3v) is 6.44. The molecular weight excluding hydrogens is 346 g/mol. The minimum Gasteiger partial charge on any atom is -0.342 e. The second-order valence-electron chi connectivity index (χ2n) is 7.48. The summed E-state index contributed by atoms with van der Waals surface area (Å²) in [6.45, 7) is 5.50. The lowest BCUT2D eigenvalue weighted by atomic mass is 9.92. The van der Waals surface area contributed by atoms with E-state index in [-0.39, 0.29) is 11.8 Å². The molecule has 0 aromatic carbocycles. The molecule has 3 rings (SSSR count). The van der Waals surface area contributed by atoms with Crippen molar-refractivity contribution in [1.29, 1.82) is 0 Å². The minimum absolute atomic E-state index is 0.105. The molecule has 1 aromatic rings. The van der Waals surface area contributed by atoms with E-state index in [9.17, 15) is 9.59 Å². The van der Waals surface area contributed by atoms with Crippen LogP contribution >= 0.6 is 11.8 Å². The van der Waals surface area contributed by atoms with Gasteiger partial charge < -0.3 is 9.80 Å². The Bertz CT molecular complexity index is 594. The number of nitrogens with zero attached hydrogens (tertiary/aromatic N) is 3. The van der Waals surface area contributed by atoms with Gasteiger partial charge in [0.2, 0.25) is 11.8 Å². The normalized spacial score (nSPS) is 19.6. The minimum atomic E-state index is 0.105. The van der Waals surface area contributed by atoms with Crippen LogP contribution in [-0.4, -0.2) is 58.5 Å². The maximum absolute atomic E-state index is 12.7. The maximum Gasteiger partial charge on any atom is 0.232 e. The lowest BCUT2D eigenvalue weighted by molar-refractivity contribution is -0.141. The highest BCUT2D eigenvalue weighted by molar-refractivity contribution is 7.99. The van der Waals surface area contributed by atoms with E-state index in [0.29, 0.717) is 24.7 Å². The first-order valence-electron chi connectivity index (χ1n) is 9.67. The lowest BCUT2D eigenvalue weighted by Gasteiger charge is -2.36. The lowest BCUT2D eigenvalue weighted by Crippen LogP contribution is -2.46. The van der Waals surface area contributed by atoms with Crippen LogP contribution in [0.5, 0.6) is 0 Å². The summed E-state index contributed by atoms with van der Waals surface area (Å²) in [4.78, 5) is 33.3. The third kappa shape index (κ3) is 5.22. The number of rotatable bonds is 5. The predicted octanol–water partition coefficient (Wildman–Crippen LogP) is 2.81. The number of piperidine rings is 2. The Kier molecular flexibility index (Phi) is 6.94. The number of amides is 2. The summed E-state index contributed by atoms with van der Waals surface area (Å²) in [5, 5.41) is 0. The first-order valence-corrected chi connectivity index (χ1v) is 10.8. The van der Waals surface area contributed by atoms with Gasteiger partial charge in [0.05, 0.1) is 11.4 Å². The number of carbonyl (C=O) groups excluding carboxylic acids is 2. The summed E-state index contributed by atoms with van der Waals surface area (Å²) in [5.74, 6) is 2.58. The van der Waals surface area contributed by atoms with Crippen molar-refractivity contribution < 1.29 is 9.59 Å². The van der Waals surface area contributed by atoms with Crippen molar-refractivity contribution in [3.8, 4) is 0 Å². The van der Waals surface area contributed by atoms with Gasteiger partial charge in [-0.2, -0.15) is 0 Å². The van der Waals surface area contributed by atoms with Crippen molar-refractivity contribution in [3.05, 3.63) is 30.1 Å². The van der Waals surface area contributed by atoms with Gasteiger partial charge >= 0.3 is 0 Å². The van der Waals surface area contributed by atoms with Crippen molar-refractivity contribution in [2.45, 2.75) is 38.4 Å². The van der Waals surface area contributed by atoms with Gasteiger partial charge in [-0.05, 0) is 43.7 Å². The number of thioether (sulfide) groups is 1. The van der Waals surface area contributed by atoms with Crippen LogP contribution in [0.4, 0.5) is 0 Å². The summed E-state index contributed by atoms with van der Waals surface area (Å²) >= 11 is 1.61. The molecule has 0 aliphatic carbocycles. The fraction of sp³-hybridized carbons (Fsp3) is 0.650. The molecule has 3 heterocycles. The number of hydrogen-bond donors (Lipinski definition) is 0. The van der Waals surface area contributed by atoms with Gasteiger partial charge in [-0.15, -0.1) is 11.8 Å². The van der Waals surface area contributed by atoms with Gasteiger partial charge in [0.25, 0.3) is 0 Å². The van der Waals surface area contributed by atoms with Gasteiger partial charge in [-0.1, -0.05) is 13.0 Å². The molecule has 0 N–H and O–H groups in total. The molecule has 2 fully saturated rings. The fourth-order valence-electron chi connectivity index (χ4n) is 3.68. The Morgan fingerprint density at radius 2 is 1.77 bits per heavy atom. The Balaban J connectivity index is 1.37. The quantitative estimate of drug-likeness (QED) is 0.794. The molecule has 0 bridgehead atoms. The molecule has 2 aliphatic heterocycles. The average molecular weight is 376 g/mol. The van der Waals surface area contributed by atoms with E-state index in [1.807, 2.05) is 28.0 Å².